The largest absolute Gasteiger partial charge is 0.496 e. The summed E-state index contributed by atoms with van der Waals surface area (Å²) in [7, 11) is 1.44. The van der Waals surface area contributed by atoms with Crippen molar-refractivity contribution in [2.24, 2.45) is 0 Å². The fourth-order valence-corrected chi connectivity index (χ4v) is 3.87. The highest BCUT2D eigenvalue weighted by Crippen LogP contribution is 2.26. The van der Waals surface area contributed by atoms with Gasteiger partial charge >= 0.3 is 0 Å². The van der Waals surface area contributed by atoms with E-state index in [1.807, 2.05) is 30.3 Å². The standard InChI is InChI=1S/C27H25N3O5/c1-17(24(31)28-15-18-8-4-3-5-9-18)29-25(32)22-14-19(12-13-23(22)35-2)16-30-26(33)20-10-6-7-11-21(20)27(30)34/h3-14,17H,15-16H2,1-2H3,(H,28,31)(H,29,32). The summed E-state index contributed by atoms with van der Waals surface area (Å²) in [6.07, 6.45) is 0. The molecule has 8 nitrogen and oxygen atoms in total. The molecule has 1 heterocycles. The molecule has 1 atom stereocenters. The molecule has 0 saturated carbocycles. The van der Waals surface area contributed by atoms with Crippen LogP contribution in [0.2, 0.25) is 0 Å². The van der Waals surface area contributed by atoms with E-state index in [-0.39, 0.29) is 29.8 Å². The first kappa shape index (κ1) is 23.7. The van der Waals surface area contributed by atoms with Crippen molar-refractivity contribution in [2.75, 3.05) is 7.11 Å². The van der Waals surface area contributed by atoms with E-state index in [0.29, 0.717) is 29.0 Å². The Morgan fingerprint density at radius 2 is 1.51 bits per heavy atom. The number of ether oxygens (including phenoxy) is 1. The summed E-state index contributed by atoms with van der Waals surface area (Å²) in [5, 5.41) is 5.48. The van der Waals surface area contributed by atoms with Gasteiger partial charge in [0, 0.05) is 6.54 Å². The molecule has 8 heteroatoms. The lowest BCUT2D eigenvalue weighted by molar-refractivity contribution is -0.122. The van der Waals surface area contributed by atoms with Crippen molar-refractivity contribution in [3.8, 4) is 5.75 Å². The van der Waals surface area contributed by atoms with Crippen LogP contribution < -0.4 is 15.4 Å². The molecule has 0 saturated heterocycles. The fraction of sp³-hybridized carbons (Fsp3) is 0.185. The number of methoxy groups -OCH3 is 1. The number of benzene rings is 3. The third-order valence-corrected chi connectivity index (χ3v) is 5.78. The number of nitrogens with one attached hydrogen (secondary N) is 2. The third-order valence-electron chi connectivity index (χ3n) is 5.78. The number of hydrogen-bond acceptors (Lipinski definition) is 5. The van der Waals surface area contributed by atoms with Crippen LogP contribution in [0.15, 0.2) is 72.8 Å². The molecule has 0 aromatic heterocycles. The number of hydrogen-bond donors (Lipinski definition) is 2. The first-order chi connectivity index (χ1) is 16.9. The second-order valence-corrected chi connectivity index (χ2v) is 8.18. The van der Waals surface area contributed by atoms with Gasteiger partial charge in [-0.1, -0.05) is 48.5 Å². The topological polar surface area (TPSA) is 105 Å². The van der Waals surface area contributed by atoms with Crippen molar-refractivity contribution in [3.63, 3.8) is 0 Å². The minimum atomic E-state index is -0.796. The lowest BCUT2D eigenvalue weighted by atomic mass is 10.1. The van der Waals surface area contributed by atoms with Gasteiger partial charge in [-0.25, -0.2) is 0 Å². The van der Waals surface area contributed by atoms with Gasteiger partial charge in [-0.3, -0.25) is 24.1 Å². The molecule has 178 valence electrons. The zero-order chi connectivity index (χ0) is 24.9. The summed E-state index contributed by atoms with van der Waals surface area (Å²) in [5.41, 5.74) is 2.44. The van der Waals surface area contributed by atoms with Gasteiger partial charge in [0.15, 0.2) is 0 Å². The lowest BCUT2D eigenvalue weighted by Crippen LogP contribution is -2.44. The first-order valence-electron chi connectivity index (χ1n) is 11.1. The van der Waals surface area contributed by atoms with E-state index >= 15 is 0 Å². The average Bonchev–Trinajstić information content (AvgIpc) is 3.12. The van der Waals surface area contributed by atoms with Crippen molar-refractivity contribution in [2.45, 2.75) is 26.1 Å². The van der Waals surface area contributed by atoms with Crippen LogP contribution in [0.3, 0.4) is 0 Å². The molecule has 1 unspecified atom stereocenters. The predicted molar refractivity (Wildman–Crippen MR) is 129 cm³/mol. The van der Waals surface area contributed by atoms with Crippen molar-refractivity contribution < 1.29 is 23.9 Å². The van der Waals surface area contributed by atoms with Gasteiger partial charge in [-0.05, 0) is 42.3 Å². The minimum absolute atomic E-state index is 0.00371. The minimum Gasteiger partial charge on any atom is -0.496 e. The maximum atomic E-state index is 13.0. The maximum Gasteiger partial charge on any atom is 0.261 e. The summed E-state index contributed by atoms with van der Waals surface area (Å²) >= 11 is 0. The lowest BCUT2D eigenvalue weighted by Gasteiger charge is -2.18. The smallest absolute Gasteiger partial charge is 0.261 e. The summed E-state index contributed by atoms with van der Waals surface area (Å²) in [5.74, 6) is -1.28. The Morgan fingerprint density at radius 3 is 2.14 bits per heavy atom. The van der Waals surface area contributed by atoms with Crippen LogP contribution in [0.1, 0.15) is 49.1 Å². The maximum absolute atomic E-state index is 13.0. The molecular weight excluding hydrogens is 446 g/mol. The zero-order valence-electron chi connectivity index (χ0n) is 19.4. The monoisotopic (exact) mass is 471 g/mol. The molecule has 3 aromatic carbocycles. The number of fused-ring (bicyclic) bond motifs is 1. The van der Waals surface area contributed by atoms with Gasteiger partial charge in [0.2, 0.25) is 5.91 Å². The Balaban J connectivity index is 1.44. The molecule has 0 bridgehead atoms. The molecule has 1 aliphatic heterocycles. The number of rotatable bonds is 8. The van der Waals surface area contributed by atoms with Crippen LogP contribution in [0, 0.1) is 0 Å². The average molecular weight is 472 g/mol. The van der Waals surface area contributed by atoms with Gasteiger partial charge in [0.25, 0.3) is 17.7 Å². The molecule has 1 aliphatic rings. The number of amides is 4. The summed E-state index contributed by atoms with van der Waals surface area (Å²) in [6.45, 7) is 1.94. The van der Waals surface area contributed by atoms with E-state index in [4.69, 9.17) is 4.74 Å². The van der Waals surface area contributed by atoms with Crippen molar-refractivity contribution in [1.82, 2.24) is 15.5 Å². The van der Waals surface area contributed by atoms with Gasteiger partial charge in [0.05, 0.1) is 30.3 Å². The molecule has 3 aromatic rings. The number of nitrogens with zero attached hydrogens (tertiary/aromatic N) is 1. The molecule has 0 aliphatic carbocycles. The summed E-state index contributed by atoms with van der Waals surface area (Å²) in [4.78, 5) is 52.0. The van der Waals surface area contributed by atoms with E-state index < -0.39 is 11.9 Å². The Labute approximate surface area is 202 Å². The second kappa shape index (κ2) is 10.2. The normalized spacial score (nSPS) is 13.3. The van der Waals surface area contributed by atoms with Crippen LogP contribution in [-0.4, -0.2) is 41.7 Å². The third kappa shape index (κ3) is 5.06. The molecule has 0 spiro atoms. The predicted octanol–water partition coefficient (Wildman–Crippen LogP) is 2.93. The van der Waals surface area contributed by atoms with Crippen LogP contribution in [0.25, 0.3) is 0 Å². The summed E-state index contributed by atoms with van der Waals surface area (Å²) < 4.78 is 5.32. The molecule has 4 rings (SSSR count). The van der Waals surface area contributed by atoms with E-state index in [0.717, 1.165) is 10.5 Å². The van der Waals surface area contributed by atoms with E-state index in [2.05, 4.69) is 10.6 Å². The Hall–Kier alpha value is -4.46. The number of carbonyl (C=O) groups excluding carboxylic acids is 4. The van der Waals surface area contributed by atoms with Gasteiger partial charge in [0.1, 0.15) is 11.8 Å². The van der Waals surface area contributed by atoms with E-state index in [9.17, 15) is 19.2 Å². The first-order valence-corrected chi connectivity index (χ1v) is 11.1. The Morgan fingerprint density at radius 1 is 0.886 bits per heavy atom. The zero-order valence-corrected chi connectivity index (χ0v) is 19.4. The molecular formula is C27H25N3O5. The van der Waals surface area contributed by atoms with Gasteiger partial charge in [-0.2, -0.15) is 0 Å². The Kier molecular flexibility index (Phi) is 6.91. The number of carbonyl (C=O) groups is 4. The van der Waals surface area contributed by atoms with Crippen LogP contribution in [0.5, 0.6) is 5.75 Å². The highest BCUT2D eigenvalue weighted by Gasteiger charge is 2.35. The molecule has 35 heavy (non-hydrogen) atoms. The van der Waals surface area contributed by atoms with Crippen molar-refractivity contribution >= 4 is 23.6 Å². The molecule has 0 fully saturated rings. The molecule has 0 radical (unpaired) electrons. The summed E-state index contributed by atoms with van der Waals surface area (Å²) in [6, 6.07) is 20.2. The van der Waals surface area contributed by atoms with Gasteiger partial charge in [-0.15, -0.1) is 0 Å². The highest BCUT2D eigenvalue weighted by molar-refractivity contribution is 6.21. The molecule has 2 N–H and O–H groups in total. The van der Waals surface area contributed by atoms with E-state index in [1.54, 1.807) is 49.4 Å². The van der Waals surface area contributed by atoms with Crippen LogP contribution in [-0.2, 0) is 17.9 Å². The van der Waals surface area contributed by atoms with Crippen LogP contribution >= 0.6 is 0 Å². The van der Waals surface area contributed by atoms with Crippen molar-refractivity contribution in [1.29, 1.82) is 0 Å². The van der Waals surface area contributed by atoms with E-state index in [1.165, 1.54) is 7.11 Å². The van der Waals surface area contributed by atoms with Gasteiger partial charge < -0.3 is 15.4 Å². The second-order valence-electron chi connectivity index (χ2n) is 8.18. The molecule has 4 amide bonds. The highest BCUT2D eigenvalue weighted by atomic mass is 16.5. The Bertz CT molecular complexity index is 1250. The fourth-order valence-electron chi connectivity index (χ4n) is 3.87. The quantitative estimate of drug-likeness (QED) is 0.492. The van der Waals surface area contributed by atoms with Crippen molar-refractivity contribution in [3.05, 3.63) is 101 Å². The SMILES string of the molecule is COc1ccc(CN2C(=O)c3ccccc3C2=O)cc1C(=O)NC(C)C(=O)NCc1ccccc1. The van der Waals surface area contributed by atoms with Crippen LogP contribution in [0.4, 0.5) is 0 Å². The number of imide groups is 1.